The van der Waals surface area contributed by atoms with E-state index < -0.39 is 0 Å². The molecule has 1 atom stereocenters. The van der Waals surface area contributed by atoms with Gasteiger partial charge < -0.3 is 10.2 Å². The summed E-state index contributed by atoms with van der Waals surface area (Å²) < 4.78 is 1.19. The van der Waals surface area contributed by atoms with Crippen molar-refractivity contribution in [2.75, 3.05) is 23.3 Å². The van der Waals surface area contributed by atoms with Gasteiger partial charge in [0.05, 0.1) is 0 Å². The molecule has 5 rings (SSSR count). The number of aromatic nitrogens is 5. The molecular formula is C22H25N7O2. The number of nitrogens with one attached hydrogen (secondary N) is 2. The number of hydrogen-bond donors (Lipinski definition) is 2. The van der Waals surface area contributed by atoms with Gasteiger partial charge in [-0.1, -0.05) is 0 Å². The minimum Gasteiger partial charge on any atom is -0.365 e. The van der Waals surface area contributed by atoms with Crippen LogP contribution in [0.1, 0.15) is 31.0 Å². The van der Waals surface area contributed by atoms with Crippen molar-refractivity contribution in [3.8, 4) is 11.4 Å². The highest BCUT2D eigenvalue weighted by molar-refractivity contribution is 5.60. The number of H-pyrrole nitrogens is 1. The van der Waals surface area contributed by atoms with Crippen LogP contribution in [0.4, 0.5) is 11.6 Å². The Morgan fingerprint density at radius 3 is 2.94 bits per heavy atom. The van der Waals surface area contributed by atoms with Gasteiger partial charge in [-0.25, -0.2) is 14.8 Å². The van der Waals surface area contributed by atoms with E-state index >= 15 is 0 Å². The van der Waals surface area contributed by atoms with Crippen LogP contribution < -0.4 is 21.5 Å². The summed E-state index contributed by atoms with van der Waals surface area (Å²) in [5.41, 5.74) is 2.58. The van der Waals surface area contributed by atoms with Gasteiger partial charge in [-0.3, -0.25) is 19.3 Å². The lowest BCUT2D eigenvalue weighted by Crippen LogP contribution is -2.37. The van der Waals surface area contributed by atoms with Crippen molar-refractivity contribution < 1.29 is 0 Å². The molecule has 4 heterocycles. The number of pyridine rings is 1. The smallest absolute Gasteiger partial charge is 0.329 e. The summed E-state index contributed by atoms with van der Waals surface area (Å²) in [5.74, 6) is 2.16. The van der Waals surface area contributed by atoms with Gasteiger partial charge >= 0.3 is 5.69 Å². The standard InChI is InChI=1S/C22H25N7O2/c1-2-29-19(30)11-18(26-22(29)31)28-10-8-15(13-28)24-21-16-6-3-7-17(16)25-20(27-21)14-5-4-9-23-12-14/h4-5,9,11-12,15H,2-3,6-8,10,13H2,1H3,(H,26,31)(H,24,25,27)/t15-/m0/s1. The summed E-state index contributed by atoms with van der Waals surface area (Å²) >= 11 is 0. The summed E-state index contributed by atoms with van der Waals surface area (Å²) in [6.45, 7) is 3.58. The highest BCUT2D eigenvalue weighted by Crippen LogP contribution is 2.30. The third-order valence-electron chi connectivity index (χ3n) is 6.05. The average Bonchev–Trinajstić information content (AvgIpc) is 3.44. The minimum atomic E-state index is -0.365. The van der Waals surface area contributed by atoms with Crippen molar-refractivity contribution in [3.05, 3.63) is 62.7 Å². The zero-order valence-corrected chi connectivity index (χ0v) is 17.5. The van der Waals surface area contributed by atoms with Crippen molar-refractivity contribution in [2.45, 2.75) is 45.2 Å². The number of anilines is 2. The van der Waals surface area contributed by atoms with Gasteiger partial charge in [-0.15, -0.1) is 0 Å². The summed E-state index contributed by atoms with van der Waals surface area (Å²) in [5, 5.41) is 3.61. The fourth-order valence-electron chi connectivity index (χ4n) is 4.44. The fraction of sp³-hybridized carbons (Fsp3) is 0.409. The van der Waals surface area contributed by atoms with Crippen LogP contribution >= 0.6 is 0 Å². The lowest BCUT2D eigenvalue weighted by atomic mass is 10.2. The number of aryl methyl sites for hydroxylation is 1. The number of nitrogens with zero attached hydrogens (tertiary/aromatic N) is 5. The van der Waals surface area contributed by atoms with E-state index in [1.807, 2.05) is 17.0 Å². The maximum absolute atomic E-state index is 12.2. The van der Waals surface area contributed by atoms with E-state index in [-0.39, 0.29) is 17.3 Å². The number of fused-ring (bicyclic) bond motifs is 1. The van der Waals surface area contributed by atoms with Crippen molar-refractivity contribution >= 4 is 11.6 Å². The van der Waals surface area contributed by atoms with Crippen molar-refractivity contribution in [3.63, 3.8) is 0 Å². The van der Waals surface area contributed by atoms with E-state index in [0.29, 0.717) is 24.7 Å². The van der Waals surface area contributed by atoms with Gasteiger partial charge in [0.2, 0.25) is 0 Å². The third kappa shape index (κ3) is 3.71. The fourth-order valence-corrected chi connectivity index (χ4v) is 4.44. The predicted molar refractivity (Wildman–Crippen MR) is 119 cm³/mol. The van der Waals surface area contributed by atoms with Crippen LogP contribution in [0.15, 0.2) is 40.2 Å². The maximum atomic E-state index is 12.2. The van der Waals surface area contributed by atoms with Gasteiger partial charge in [0, 0.05) is 61.0 Å². The largest absolute Gasteiger partial charge is 0.365 e. The van der Waals surface area contributed by atoms with E-state index in [1.54, 1.807) is 19.3 Å². The van der Waals surface area contributed by atoms with Crippen molar-refractivity contribution in [1.29, 1.82) is 0 Å². The van der Waals surface area contributed by atoms with Crippen LogP contribution in [-0.2, 0) is 19.4 Å². The van der Waals surface area contributed by atoms with E-state index in [4.69, 9.17) is 9.97 Å². The van der Waals surface area contributed by atoms with Crippen molar-refractivity contribution in [1.82, 2.24) is 24.5 Å². The monoisotopic (exact) mass is 419 g/mol. The van der Waals surface area contributed by atoms with Gasteiger partial charge in [0.25, 0.3) is 5.56 Å². The predicted octanol–water partition coefficient (Wildman–Crippen LogP) is 1.59. The SMILES string of the molecule is CCn1c(=O)cc(N2CC[C@H](Nc3nc(-c4cccnc4)nc4c3CCC4)C2)[nH]c1=O. The molecule has 9 heteroatoms. The number of hydrogen-bond acceptors (Lipinski definition) is 7. The molecule has 9 nitrogen and oxygen atoms in total. The summed E-state index contributed by atoms with van der Waals surface area (Å²) in [6.07, 6.45) is 7.44. The Labute approximate surface area is 179 Å². The van der Waals surface area contributed by atoms with Crippen LogP contribution in [0.25, 0.3) is 11.4 Å². The molecule has 3 aromatic rings. The first-order valence-electron chi connectivity index (χ1n) is 10.8. The molecule has 0 spiro atoms. The van der Waals surface area contributed by atoms with Gasteiger partial charge in [0.15, 0.2) is 5.82 Å². The van der Waals surface area contributed by atoms with Crippen LogP contribution in [0, 0.1) is 0 Å². The first-order chi connectivity index (χ1) is 15.1. The molecular weight excluding hydrogens is 394 g/mol. The van der Waals surface area contributed by atoms with Gasteiger partial charge in [-0.2, -0.15) is 0 Å². The second-order valence-electron chi connectivity index (χ2n) is 8.03. The second kappa shape index (κ2) is 7.98. The molecule has 1 aliphatic heterocycles. The molecule has 0 amide bonds. The third-order valence-corrected chi connectivity index (χ3v) is 6.05. The molecule has 2 N–H and O–H groups in total. The Morgan fingerprint density at radius 2 is 2.16 bits per heavy atom. The minimum absolute atomic E-state index is 0.165. The number of aromatic amines is 1. The topological polar surface area (TPSA) is 109 Å². The summed E-state index contributed by atoms with van der Waals surface area (Å²) in [7, 11) is 0. The normalized spacial score (nSPS) is 17.7. The molecule has 160 valence electrons. The molecule has 0 bridgehead atoms. The van der Waals surface area contributed by atoms with E-state index in [2.05, 4.69) is 15.3 Å². The number of rotatable bonds is 5. The molecule has 2 aliphatic rings. The Morgan fingerprint density at radius 1 is 1.26 bits per heavy atom. The molecule has 3 aromatic heterocycles. The summed E-state index contributed by atoms with van der Waals surface area (Å²) in [6, 6.07) is 5.54. The molecule has 31 heavy (non-hydrogen) atoms. The van der Waals surface area contributed by atoms with Crippen LogP contribution in [0.3, 0.4) is 0 Å². The maximum Gasteiger partial charge on any atom is 0.329 e. The zero-order chi connectivity index (χ0) is 21.4. The second-order valence-corrected chi connectivity index (χ2v) is 8.03. The quantitative estimate of drug-likeness (QED) is 0.646. The molecule has 1 fully saturated rings. The molecule has 1 aliphatic carbocycles. The molecule has 0 unspecified atom stereocenters. The van der Waals surface area contributed by atoms with Crippen LogP contribution in [0.5, 0.6) is 0 Å². The van der Waals surface area contributed by atoms with E-state index in [1.165, 1.54) is 16.2 Å². The van der Waals surface area contributed by atoms with Crippen molar-refractivity contribution in [2.24, 2.45) is 0 Å². The first-order valence-corrected chi connectivity index (χ1v) is 10.8. The Bertz CT molecular complexity index is 1190. The highest BCUT2D eigenvalue weighted by atomic mass is 16.2. The zero-order valence-electron chi connectivity index (χ0n) is 17.5. The Balaban J connectivity index is 1.38. The van der Waals surface area contributed by atoms with E-state index in [0.717, 1.165) is 49.3 Å². The Kier molecular flexibility index (Phi) is 5.01. The first kappa shape index (κ1) is 19.5. The lowest BCUT2D eigenvalue weighted by Gasteiger charge is -2.20. The van der Waals surface area contributed by atoms with Gasteiger partial charge in [0.1, 0.15) is 11.6 Å². The highest BCUT2D eigenvalue weighted by Gasteiger charge is 2.27. The average molecular weight is 419 g/mol. The molecule has 0 aromatic carbocycles. The molecule has 1 saturated heterocycles. The Hall–Kier alpha value is -3.49. The van der Waals surface area contributed by atoms with E-state index in [9.17, 15) is 9.59 Å². The van der Waals surface area contributed by atoms with Crippen LogP contribution in [0.2, 0.25) is 0 Å². The molecule has 0 radical (unpaired) electrons. The van der Waals surface area contributed by atoms with Crippen LogP contribution in [-0.4, -0.2) is 43.6 Å². The summed E-state index contributed by atoms with van der Waals surface area (Å²) in [4.78, 5) is 43.1. The molecule has 0 saturated carbocycles. The van der Waals surface area contributed by atoms with Gasteiger partial charge in [-0.05, 0) is 44.7 Å². The lowest BCUT2D eigenvalue weighted by molar-refractivity contribution is 0.669.